The molecule has 16 heavy (non-hydrogen) atoms. The fourth-order valence-corrected chi connectivity index (χ4v) is 2.16. The van der Waals surface area contributed by atoms with E-state index in [-0.39, 0.29) is 12.2 Å². The largest absolute Gasteiger partial charge is 0.396 e. The minimum absolute atomic E-state index is 0.0559. The maximum atomic E-state index is 11.4. The first-order valence-corrected chi connectivity index (χ1v) is 5.78. The molecule has 1 aliphatic heterocycles. The van der Waals surface area contributed by atoms with Crippen molar-refractivity contribution in [3.05, 3.63) is 34.7 Å². The molecule has 0 aromatic carbocycles. The van der Waals surface area contributed by atoms with Crippen LogP contribution in [-0.2, 0) is 6.54 Å². The molecule has 1 fully saturated rings. The number of hydrogen-bond acceptors (Lipinski definition) is 3. The Balaban J connectivity index is 1.85. The lowest BCUT2D eigenvalue weighted by atomic mass is 10.1. The van der Waals surface area contributed by atoms with Crippen molar-refractivity contribution in [3.8, 4) is 0 Å². The average molecular weight is 222 g/mol. The zero-order chi connectivity index (χ0) is 11.4. The van der Waals surface area contributed by atoms with Gasteiger partial charge in [0.1, 0.15) is 0 Å². The first-order chi connectivity index (χ1) is 7.79. The molecular weight excluding hydrogens is 204 g/mol. The summed E-state index contributed by atoms with van der Waals surface area (Å²) in [4.78, 5) is 13.8. The van der Waals surface area contributed by atoms with E-state index in [2.05, 4.69) is 4.90 Å². The Morgan fingerprint density at radius 1 is 1.38 bits per heavy atom. The third kappa shape index (κ3) is 2.71. The molecule has 0 aliphatic carbocycles. The molecule has 1 aromatic heterocycles. The maximum Gasteiger partial charge on any atom is 0.250 e. The first-order valence-electron chi connectivity index (χ1n) is 5.78. The number of aliphatic hydroxyl groups excluding tert-OH is 1. The normalized spacial score (nSPS) is 21.4. The summed E-state index contributed by atoms with van der Waals surface area (Å²) in [6.07, 6.45) is 2.89. The monoisotopic (exact) mass is 222 g/mol. The number of aromatic nitrogens is 1. The number of rotatable bonds is 4. The van der Waals surface area contributed by atoms with Crippen LogP contribution in [0.5, 0.6) is 0 Å². The predicted molar refractivity (Wildman–Crippen MR) is 62.3 cm³/mol. The summed E-state index contributed by atoms with van der Waals surface area (Å²) in [5.74, 6) is 0.424. The predicted octanol–water partition coefficient (Wildman–Crippen LogP) is 0.162. The minimum Gasteiger partial charge on any atom is -0.396 e. The SMILES string of the molecule is O=c1ccccn1CCN1CCC(CO)C1. The molecule has 1 saturated heterocycles. The zero-order valence-electron chi connectivity index (χ0n) is 9.38. The van der Waals surface area contributed by atoms with Gasteiger partial charge in [-0.15, -0.1) is 0 Å². The lowest BCUT2D eigenvalue weighted by Crippen LogP contribution is -2.29. The Kier molecular flexibility index (Phi) is 3.74. The van der Waals surface area contributed by atoms with Crippen LogP contribution in [0, 0.1) is 5.92 Å². The summed E-state index contributed by atoms with van der Waals surface area (Å²) >= 11 is 0. The van der Waals surface area contributed by atoms with Crippen LogP contribution in [-0.4, -0.2) is 40.8 Å². The summed E-state index contributed by atoms with van der Waals surface area (Å²) in [6, 6.07) is 5.22. The molecule has 4 heteroatoms. The van der Waals surface area contributed by atoms with Crippen LogP contribution < -0.4 is 5.56 Å². The molecule has 0 radical (unpaired) electrons. The second-order valence-corrected chi connectivity index (χ2v) is 4.37. The molecule has 1 aromatic rings. The van der Waals surface area contributed by atoms with Gasteiger partial charge in [0.25, 0.3) is 5.56 Å². The van der Waals surface area contributed by atoms with Gasteiger partial charge >= 0.3 is 0 Å². The molecule has 2 heterocycles. The van der Waals surface area contributed by atoms with Crippen molar-refractivity contribution in [1.29, 1.82) is 0 Å². The number of pyridine rings is 1. The van der Waals surface area contributed by atoms with Gasteiger partial charge in [-0.3, -0.25) is 4.79 Å². The highest BCUT2D eigenvalue weighted by Crippen LogP contribution is 2.14. The van der Waals surface area contributed by atoms with E-state index in [1.165, 1.54) is 0 Å². The van der Waals surface area contributed by atoms with Crippen LogP contribution in [0.15, 0.2) is 29.2 Å². The van der Waals surface area contributed by atoms with Crippen LogP contribution >= 0.6 is 0 Å². The molecule has 2 rings (SSSR count). The van der Waals surface area contributed by atoms with E-state index in [1.54, 1.807) is 16.7 Å². The number of hydrogen-bond donors (Lipinski definition) is 1. The molecule has 1 N–H and O–H groups in total. The summed E-state index contributed by atoms with van der Waals surface area (Å²) in [5.41, 5.74) is 0.0559. The van der Waals surface area contributed by atoms with Crippen molar-refractivity contribution in [2.45, 2.75) is 13.0 Å². The zero-order valence-corrected chi connectivity index (χ0v) is 9.38. The molecule has 0 amide bonds. The summed E-state index contributed by atoms with van der Waals surface area (Å²) in [7, 11) is 0. The van der Waals surface area contributed by atoms with Gasteiger partial charge in [-0.2, -0.15) is 0 Å². The Bertz CT molecular complexity index is 389. The Hall–Kier alpha value is -1.13. The van der Waals surface area contributed by atoms with Crippen LogP contribution in [0.4, 0.5) is 0 Å². The van der Waals surface area contributed by atoms with Crippen LogP contribution in [0.3, 0.4) is 0 Å². The van der Waals surface area contributed by atoms with E-state index in [1.807, 2.05) is 12.3 Å². The lowest BCUT2D eigenvalue weighted by molar-refractivity contribution is 0.220. The highest BCUT2D eigenvalue weighted by molar-refractivity contribution is 4.93. The molecule has 1 aliphatic rings. The van der Waals surface area contributed by atoms with Gasteiger partial charge in [0.15, 0.2) is 0 Å². The topological polar surface area (TPSA) is 45.5 Å². The molecule has 1 unspecified atom stereocenters. The van der Waals surface area contributed by atoms with E-state index in [0.29, 0.717) is 5.92 Å². The van der Waals surface area contributed by atoms with Crippen LogP contribution in [0.1, 0.15) is 6.42 Å². The van der Waals surface area contributed by atoms with Gasteiger partial charge in [0, 0.05) is 38.5 Å². The van der Waals surface area contributed by atoms with Gasteiger partial charge < -0.3 is 14.6 Å². The van der Waals surface area contributed by atoms with Gasteiger partial charge in [-0.1, -0.05) is 6.07 Å². The molecular formula is C12H18N2O2. The smallest absolute Gasteiger partial charge is 0.250 e. The highest BCUT2D eigenvalue weighted by Gasteiger charge is 2.20. The maximum absolute atomic E-state index is 11.4. The molecule has 1 atom stereocenters. The molecule has 0 spiro atoms. The second-order valence-electron chi connectivity index (χ2n) is 4.37. The lowest BCUT2D eigenvalue weighted by Gasteiger charge is -2.16. The second kappa shape index (κ2) is 5.27. The van der Waals surface area contributed by atoms with Crippen molar-refractivity contribution in [3.63, 3.8) is 0 Å². The third-order valence-electron chi connectivity index (χ3n) is 3.18. The van der Waals surface area contributed by atoms with Crippen molar-refractivity contribution >= 4 is 0 Å². The van der Waals surface area contributed by atoms with E-state index < -0.39 is 0 Å². The molecule has 0 bridgehead atoms. The van der Waals surface area contributed by atoms with Gasteiger partial charge in [0.2, 0.25) is 0 Å². The molecule has 4 nitrogen and oxygen atoms in total. The number of likely N-dealkylation sites (tertiary alicyclic amines) is 1. The average Bonchev–Trinajstić information content (AvgIpc) is 2.76. The minimum atomic E-state index is 0.0559. The third-order valence-corrected chi connectivity index (χ3v) is 3.18. The van der Waals surface area contributed by atoms with Crippen molar-refractivity contribution in [1.82, 2.24) is 9.47 Å². The Morgan fingerprint density at radius 2 is 2.25 bits per heavy atom. The van der Waals surface area contributed by atoms with Gasteiger partial charge in [0.05, 0.1) is 0 Å². The number of aliphatic hydroxyl groups is 1. The number of nitrogens with zero attached hydrogens (tertiary/aromatic N) is 2. The van der Waals surface area contributed by atoms with E-state index >= 15 is 0 Å². The van der Waals surface area contributed by atoms with Crippen molar-refractivity contribution in [2.24, 2.45) is 5.92 Å². The van der Waals surface area contributed by atoms with Gasteiger partial charge in [-0.25, -0.2) is 0 Å². The van der Waals surface area contributed by atoms with E-state index in [0.717, 1.165) is 32.6 Å². The summed E-state index contributed by atoms with van der Waals surface area (Å²) in [5, 5.41) is 9.03. The summed E-state index contributed by atoms with van der Waals surface area (Å²) in [6.45, 7) is 3.89. The fraction of sp³-hybridized carbons (Fsp3) is 0.583. The van der Waals surface area contributed by atoms with Gasteiger partial charge in [-0.05, 0) is 24.9 Å². The van der Waals surface area contributed by atoms with Crippen molar-refractivity contribution in [2.75, 3.05) is 26.2 Å². The highest BCUT2D eigenvalue weighted by atomic mass is 16.3. The summed E-state index contributed by atoms with van der Waals surface area (Å²) < 4.78 is 1.73. The van der Waals surface area contributed by atoms with E-state index in [4.69, 9.17) is 5.11 Å². The molecule has 0 saturated carbocycles. The van der Waals surface area contributed by atoms with E-state index in [9.17, 15) is 4.79 Å². The fourth-order valence-electron chi connectivity index (χ4n) is 2.16. The standard InChI is InChI=1S/C12H18N2O2/c15-10-11-4-6-13(9-11)7-8-14-5-2-1-3-12(14)16/h1-3,5,11,15H,4,6-10H2. The molecule has 88 valence electrons. The van der Waals surface area contributed by atoms with Crippen LogP contribution in [0.2, 0.25) is 0 Å². The Morgan fingerprint density at radius 3 is 2.94 bits per heavy atom. The first kappa shape index (κ1) is 11.4. The van der Waals surface area contributed by atoms with Crippen molar-refractivity contribution < 1.29 is 5.11 Å². The van der Waals surface area contributed by atoms with Crippen LogP contribution in [0.25, 0.3) is 0 Å². The quantitative estimate of drug-likeness (QED) is 0.789. The Labute approximate surface area is 95.1 Å².